The molecule has 0 aliphatic rings. The number of aromatic hydroxyl groups is 1. The molecule has 0 unspecified atom stereocenters. The van der Waals surface area contributed by atoms with Crippen molar-refractivity contribution in [2.45, 2.75) is 39.5 Å². The van der Waals surface area contributed by atoms with E-state index in [0.717, 1.165) is 20.4 Å². The highest BCUT2D eigenvalue weighted by molar-refractivity contribution is 14.1. The number of phenols is 1. The summed E-state index contributed by atoms with van der Waals surface area (Å²) < 4.78 is 0.912. The number of carbonyl (C=O) groups is 1. The maximum absolute atomic E-state index is 12.5. The van der Waals surface area contributed by atoms with Crippen LogP contribution in [-0.4, -0.2) is 11.0 Å². The number of benzene rings is 2. The van der Waals surface area contributed by atoms with Crippen LogP contribution in [-0.2, 0) is 0 Å². The van der Waals surface area contributed by atoms with Gasteiger partial charge in [-0.2, -0.15) is 0 Å². The third kappa shape index (κ3) is 4.05. The zero-order valence-electron chi connectivity index (χ0n) is 13.9. The average molecular weight is 423 g/mol. The van der Waals surface area contributed by atoms with E-state index in [1.165, 1.54) is 0 Å². The van der Waals surface area contributed by atoms with Gasteiger partial charge in [0.25, 0.3) is 5.91 Å². The third-order valence-corrected chi connectivity index (χ3v) is 4.73. The molecule has 0 aliphatic heterocycles. The molecule has 0 aliphatic carbocycles. The number of halogens is 1. The smallest absolute Gasteiger partial charge is 0.256 e. The summed E-state index contributed by atoms with van der Waals surface area (Å²) in [7, 11) is 0. The van der Waals surface area contributed by atoms with Crippen LogP contribution in [0.2, 0.25) is 0 Å². The maximum atomic E-state index is 12.5. The Kier molecular flexibility index (Phi) is 5.68. The van der Waals surface area contributed by atoms with Gasteiger partial charge in [-0.3, -0.25) is 4.79 Å². The van der Waals surface area contributed by atoms with E-state index in [-0.39, 0.29) is 17.7 Å². The van der Waals surface area contributed by atoms with E-state index in [0.29, 0.717) is 11.3 Å². The highest BCUT2D eigenvalue weighted by atomic mass is 127. The number of hydrogen-bond donors (Lipinski definition) is 2. The first-order valence-electron chi connectivity index (χ1n) is 7.74. The van der Waals surface area contributed by atoms with Gasteiger partial charge < -0.3 is 10.4 Å². The summed E-state index contributed by atoms with van der Waals surface area (Å²) in [6, 6.07) is 11.2. The number of carbonyl (C=O) groups excluding carboxylic acids is 1. The largest absolute Gasteiger partial charge is 0.507 e. The minimum absolute atomic E-state index is 0.134. The molecule has 0 spiro atoms. The first-order chi connectivity index (χ1) is 10.8. The summed E-state index contributed by atoms with van der Waals surface area (Å²) in [5.41, 5.74) is 3.08. The summed E-state index contributed by atoms with van der Waals surface area (Å²) in [5.74, 6) is 0.565. The van der Waals surface area contributed by atoms with Crippen LogP contribution in [0.1, 0.15) is 61.0 Å². The van der Waals surface area contributed by atoms with Crippen LogP contribution in [0.15, 0.2) is 36.4 Å². The molecule has 0 atom stereocenters. The SMILES string of the molecule is CC(C)c1cc(NC(=O)c2ccccc2I)cc(C(C)C)c1O. The molecule has 0 heterocycles. The van der Waals surface area contributed by atoms with Gasteiger partial charge in [0, 0.05) is 9.26 Å². The Morgan fingerprint density at radius 2 is 1.57 bits per heavy atom. The van der Waals surface area contributed by atoms with Crippen LogP contribution < -0.4 is 5.32 Å². The van der Waals surface area contributed by atoms with Crippen molar-refractivity contribution in [3.8, 4) is 5.75 Å². The molecule has 2 rings (SSSR count). The van der Waals surface area contributed by atoms with Gasteiger partial charge in [-0.25, -0.2) is 0 Å². The second-order valence-electron chi connectivity index (χ2n) is 6.25. The second kappa shape index (κ2) is 7.34. The van der Waals surface area contributed by atoms with Crippen LogP contribution in [0, 0.1) is 3.57 Å². The first-order valence-corrected chi connectivity index (χ1v) is 8.81. The molecule has 0 saturated heterocycles. The Labute approximate surface area is 151 Å². The lowest BCUT2D eigenvalue weighted by molar-refractivity contribution is 0.102. The molecular formula is C19H22INO2. The number of nitrogens with one attached hydrogen (secondary N) is 1. The van der Waals surface area contributed by atoms with Gasteiger partial charge in [0.15, 0.2) is 0 Å². The Hall–Kier alpha value is -1.56. The van der Waals surface area contributed by atoms with Gasteiger partial charge in [0.1, 0.15) is 5.75 Å². The molecule has 0 fully saturated rings. The monoisotopic (exact) mass is 423 g/mol. The Balaban J connectivity index is 2.40. The molecule has 2 aromatic carbocycles. The molecule has 0 radical (unpaired) electrons. The van der Waals surface area contributed by atoms with Crippen molar-refractivity contribution in [1.29, 1.82) is 0 Å². The standard InChI is InChI=1S/C19H22INO2/c1-11(2)15-9-13(10-16(12(3)4)18(15)22)21-19(23)14-7-5-6-8-17(14)20/h5-12,22H,1-4H3,(H,21,23). The minimum Gasteiger partial charge on any atom is -0.507 e. The predicted molar refractivity (Wildman–Crippen MR) is 103 cm³/mol. The van der Waals surface area contributed by atoms with Crippen molar-refractivity contribution < 1.29 is 9.90 Å². The van der Waals surface area contributed by atoms with Crippen LogP contribution >= 0.6 is 22.6 Å². The fourth-order valence-electron chi connectivity index (χ4n) is 2.48. The Bertz CT molecular complexity index is 694. The molecule has 2 aromatic rings. The second-order valence-corrected chi connectivity index (χ2v) is 7.41. The molecule has 122 valence electrons. The van der Waals surface area contributed by atoms with Crippen LogP contribution in [0.3, 0.4) is 0 Å². The van der Waals surface area contributed by atoms with E-state index in [4.69, 9.17) is 0 Å². The highest BCUT2D eigenvalue weighted by Gasteiger charge is 2.17. The van der Waals surface area contributed by atoms with Crippen molar-refractivity contribution >= 4 is 34.2 Å². The molecular weight excluding hydrogens is 401 g/mol. The fourth-order valence-corrected chi connectivity index (χ4v) is 3.11. The summed E-state index contributed by atoms with van der Waals surface area (Å²) in [6.45, 7) is 8.13. The molecule has 4 heteroatoms. The van der Waals surface area contributed by atoms with E-state index in [1.54, 1.807) is 0 Å². The van der Waals surface area contributed by atoms with E-state index in [2.05, 4.69) is 27.9 Å². The van der Waals surface area contributed by atoms with Gasteiger partial charge in [0.2, 0.25) is 0 Å². The number of anilines is 1. The van der Waals surface area contributed by atoms with E-state index in [1.807, 2.05) is 64.1 Å². The topological polar surface area (TPSA) is 49.3 Å². The van der Waals surface area contributed by atoms with Gasteiger partial charge in [-0.05, 0) is 69.8 Å². The zero-order chi connectivity index (χ0) is 17.1. The molecule has 0 bridgehead atoms. The van der Waals surface area contributed by atoms with Gasteiger partial charge in [0.05, 0.1) is 5.56 Å². The van der Waals surface area contributed by atoms with Crippen LogP contribution in [0.5, 0.6) is 5.75 Å². The molecule has 1 amide bonds. The maximum Gasteiger partial charge on any atom is 0.256 e. The molecule has 23 heavy (non-hydrogen) atoms. The van der Waals surface area contributed by atoms with Crippen molar-refractivity contribution in [1.82, 2.24) is 0 Å². The molecule has 3 nitrogen and oxygen atoms in total. The van der Waals surface area contributed by atoms with Crippen LogP contribution in [0.4, 0.5) is 5.69 Å². The van der Waals surface area contributed by atoms with Crippen LogP contribution in [0.25, 0.3) is 0 Å². The lowest BCUT2D eigenvalue weighted by atomic mass is 9.93. The zero-order valence-corrected chi connectivity index (χ0v) is 16.0. The predicted octanol–water partition coefficient (Wildman–Crippen LogP) is 5.50. The Morgan fingerprint density at radius 3 is 2.04 bits per heavy atom. The van der Waals surface area contributed by atoms with Gasteiger partial charge in [-0.15, -0.1) is 0 Å². The number of hydrogen-bond acceptors (Lipinski definition) is 2. The van der Waals surface area contributed by atoms with Gasteiger partial charge >= 0.3 is 0 Å². The summed E-state index contributed by atoms with van der Waals surface area (Å²) in [5, 5.41) is 13.4. The van der Waals surface area contributed by atoms with E-state index >= 15 is 0 Å². The molecule has 0 aromatic heterocycles. The minimum atomic E-state index is -0.134. The third-order valence-electron chi connectivity index (χ3n) is 3.79. The number of amides is 1. The highest BCUT2D eigenvalue weighted by Crippen LogP contribution is 2.36. The normalized spacial score (nSPS) is 11.1. The van der Waals surface area contributed by atoms with Crippen molar-refractivity contribution in [2.24, 2.45) is 0 Å². The van der Waals surface area contributed by atoms with Gasteiger partial charge in [-0.1, -0.05) is 39.8 Å². The quantitative estimate of drug-likeness (QED) is 0.504. The average Bonchev–Trinajstić information content (AvgIpc) is 2.48. The summed E-state index contributed by atoms with van der Waals surface area (Å²) in [6.07, 6.45) is 0. The van der Waals surface area contributed by atoms with Crippen molar-refractivity contribution in [3.63, 3.8) is 0 Å². The fraction of sp³-hybridized carbons (Fsp3) is 0.316. The lowest BCUT2D eigenvalue weighted by Crippen LogP contribution is -2.14. The summed E-state index contributed by atoms with van der Waals surface area (Å²) >= 11 is 2.16. The lowest BCUT2D eigenvalue weighted by Gasteiger charge is -2.18. The Morgan fingerprint density at radius 1 is 1.04 bits per heavy atom. The first kappa shape index (κ1) is 17.8. The molecule has 2 N–H and O–H groups in total. The number of phenolic OH excluding ortho intramolecular Hbond substituents is 1. The summed E-state index contributed by atoms with van der Waals surface area (Å²) in [4.78, 5) is 12.5. The van der Waals surface area contributed by atoms with E-state index in [9.17, 15) is 9.90 Å². The number of rotatable bonds is 4. The van der Waals surface area contributed by atoms with Crippen molar-refractivity contribution in [2.75, 3.05) is 5.32 Å². The van der Waals surface area contributed by atoms with E-state index < -0.39 is 0 Å². The molecule has 0 saturated carbocycles. The van der Waals surface area contributed by atoms with Crippen molar-refractivity contribution in [3.05, 3.63) is 56.7 Å².